The lowest BCUT2D eigenvalue weighted by atomic mass is 10.1. The number of para-hydroxylation sites is 1. The molecule has 0 saturated heterocycles. The monoisotopic (exact) mass is 294 g/mol. The molecule has 21 heavy (non-hydrogen) atoms. The van der Waals surface area contributed by atoms with Crippen molar-refractivity contribution in [1.82, 2.24) is 10.2 Å². The Morgan fingerprint density at radius 1 is 1.05 bits per heavy atom. The van der Waals surface area contributed by atoms with Crippen molar-refractivity contribution < 1.29 is 9.47 Å². The first kappa shape index (κ1) is 18.0. The van der Waals surface area contributed by atoms with E-state index in [4.69, 9.17) is 9.47 Å². The fourth-order valence-electron chi connectivity index (χ4n) is 1.71. The average molecular weight is 294 g/mol. The number of rotatable bonds is 9. The Bertz CT molecular complexity index is 400. The lowest BCUT2D eigenvalue weighted by Crippen LogP contribution is -2.35. The van der Waals surface area contributed by atoms with Crippen LogP contribution in [0.2, 0.25) is 0 Å². The smallest absolute Gasteiger partial charge is 0.123 e. The molecule has 0 radical (unpaired) electrons. The summed E-state index contributed by atoms with van der Waals surface area (Å²) in [6.07, 6.45) is 0. The third-order valence-corrected chi connectivity index (χ3v) is 2.95. The third kappa shape index (κ3) is 8.71. The van der Waals surface area contributed by atoms with Crippen molar-refractivity contribution >= 4 is 0 Å². The van der Waals surface area contributed by atoms with Gasteiger partial charge in [0.15, 0.2) is 0 Å². The average Bonchev–Trinajstić information content (AvgIpc) is 2.40. The molecule has 0 heterocycles. The maximum atomic E-state index is 5.83. The number of likely N-dealkylation sites (N-methyl/N-ethyl adjacent to an activating group) is 1. The summed E-state index contributed by atoms with van der Waals surface area (Å²) in [5, 5.41) is 3.48. The molecule has 1 N–H and O–H groups in total. The highest BCUT2D eigenvalue weighted by Gasteiger charge is 2.10. The van der Waals surface area contributed by atoms with Crippen LogP contribution in [0.15, 0.2) is 24.3 Å². The van der Waals surface area contributed by atoms with E-state index in [0.29, 0.717) is 13.2 Å². The summed E-state index contributed by atoms with van der Waals surface area (Å²) in [6, 6.07) is 8.16. The van der Waals surface area contributed by atoms with Gasteiger partial charge in [0.25, 0.3) is 0 Å². The van der Waals surface area contributed by atoms with Crippen LogP contribution in [0.4, 0.5) is 0 Å². The second-order valence-corrected chi connectivity index (χ2v) is 6.48. The van der Waals surface area contributed by atoms with Gasteiger partial charge in [-0.15, -0.1) is 0 Å². The van der Waals surface area contributed by atoms with Crippen LogP contribution in [-0.4, -0.2) is 50.9 Å². The number of hydrogen-bond donors (Lipinski definition) is 1. The normalized spacial score (nSPS) is 11.9. The van der Waals surface area contributed by atoms with Crippen LogP contribution in [0.5, 0.6) is 5.75 Å². The van der Waals surface area contributed by atoms with Crippen molar-refractivity contribution in [3.8, 4) is 5.75 Å². The summed E-state index contributed by atoms with van der Waals surface area (Å²) in [4.78, 5) is 2.11. The van der Waals surface area contributed by atoms with Gasteiger partial charge in [0.1, 0.15) is 12.4 Å². The van der Waals surface area contributed by atoms with Crippen LogP contribution in [0.1, 0.15) is 26.3 Å². The largest absolute Gasteiger partial charge is 0.491 e. The molecule has 0 fully saturated rings. The summed E-state index contributed by atoms with van der Waals surface area (Å²) in [7, 11) is 4.08. The van der Waals surface area contributed by atoms with Crippen molar-refractivity contribution in [2.75, 3.05) is 40.5 Å². The Labute approximate surface area is 129 Å². The summed E-state index contributed by atoms with van der Waals surface area (Å²) in [5.74, 6) is 0.936. The minimum atomic E-state index is 0.0996. The fraction of sp³-hybridized carbons (Fsp3) is 0.647. The van der Waals surface area contributed by atoms with Gasteiger partial charge in [-0.25, -0.2) is 0 Å². The van der Waals surface area contributed by atoms with Crippen LogP contribution in [0, 0.1) is 0 Å². The van der Waals surface area contributed by atoms with Gasteiger partial charge in [-0.2, -0.15) is 0 Å². The van der Waals surface area contributed by atoms with Crippen molar-refractivity contribution in [3.63, 3.8) is 0 Å². The van der Waals surface area contributed by atoms with E-state index in [-0.39, 0.29) is 5.54 Å². The summed E-state index contributed by atoms with van der Waals surface area (Å²) < 4.78 is 11.4. The minimum Gasteiger partial charge on any atom is -0.491 e. The molecular weight excluding hydrogens is 264 g/mol. The number of ether oxygens (including phenoxy) is 2. The van der Waals surface area contributed by atoms with Crippen LogP contribution < -0.4 is 10.1 Å². The van der Waals surface area contributed by atoms with Gasteiger partial charge in [-0.1, -0.05) is 18.2 Å². The number of hydrogen-bond acceptors (Lipinski definition) is 4. The van der Waals surface area contributed by atoms with E-state index < -0.39 is 0 Å². The third-order valence-electron chi connectivity index (χ3n) is 2.95. The lowest BCUT2D eigenvalue weighted by molar-refractivity contribution is 0.0886. The van der Waals surface area contributed by atoms with Gasteiger partial charge in [-0.3, -0.25) is 0 Å². The maximum Gasteiger partial charge on any atom is 0.123 e. The molecule has 120 valence electrons. The highest BCUT2D eigenvalue weighted by atomic mass is 16.5. The van der Waals surface area contributed by atoms with Crippen LogP contribution in [0.25, 0.3) is 0 Å². The minimum absolute atomic E-state index is 0.0996. The first-order valence-electron chi connectivity index (χ1n) is 7.57. The Kier molecular flexibility index (Phi) is 7.72. The molecule has 0 aliphatic carbocycles. The second-order valence-electron chi connectivity index (χ2n) is 6.48. The van der Waals surface area contributed by atoms with Gasteiger partial charge in [0.2, 0.25) is 0 Å². The van der Waals surface area contributed by atoms with E-state index in [9.17, 15) is 0 Å². The van der Waals surface area contributed by atoms with Crippen molar-refractivity contribution in [2.24, 2.45) is 0 Å². The van der Waals surface area contributed by atoms with E-state index >= 15 is 0 Å². The predicted molar refractivity (Wildman–Crippen MR) is 87.9 cm³/mol. The molecule has 0 unspecified atom stereocenters. The highest BCUT2D eigenvalue weighted by molar-refractivity contribution is 5.33. The summed E-state index contributed by atoms with van der Waals surface area (Å²) in [5.41, 5.74) is 1.28. The zero-order chi connectivity index (χ0) is 15.7. The number of nitrogens with one attached hydrogen (secondary N) is 1. The van der Waals surface area contributed by atoms with Gasteiger partial charge >= 0.3 is 0 Å². The Balaban J connectivity index is 2.34. The molecule has 0 aliphatic heterocycles. The van der Waals surface area contributed by atoms with Crippen molar-refractivity contribution in [1.29, 1.82) is 0 Å². The molecule has 0 saturated carbocycles. The first-order valence-corrected chi connectivity index (χ1v) is 7.57. The molecule has 1 aromatic carbocycles. The van der Waals surface area contributed by atoms with E-state index in [1.54, 1.807) is 0 Å². The molecule has 4 nitrogen and oxygen atoms in total. The SMILES string of the molecule is CN(C)CCOCCOc1ccccc1CNC(C)(C)C. The van der Waals surface area contributed by atoms with E-state index in [1.807, 2.05) is 32.3 Å². The zero-order valence-corrected chi connectivity index (χ0v) is 14.1. The van der Waals surface area contributed by atoms with Crippen LogP contribution in [-0.2, 0) is 11.3 Å². The Morgan fingerprint density at radius 2 is 1.76 bits per heavy atom. The van der Waals surface area contributed by atoms with E-state index in [1.165, 1.54) is 5.56 Å². The van der Waals surface area contributed by atoms with Crippen molar-refractivity contribution in [2.45, 2.75) is 32.9 Å². The van der Waals surface area contributed by atoms with Crippen LogP contribution in [0.3, 0.4) is 0 Å². The van der Waals surface area contributed by atoms with Gasteiger partial charge in [0, 0.05) is 24.2 Å². The van der Waals surface area contributed by atoms with E-state index in [0.717, 1.165) is 25.4 Å². The first-order chi connectivity index (χ1) is 9.88. The summed E-state index contributed by atoms with van der Waals surface area (Å²) >= 11 is 0. The molecular formula is C17H30N2O2. The fourth-order valence-corrected chi connectivity index (χ4v) is 1.71. The number of benzene rings is 1. The molecule has 1 rings (SSSR count). The Morgan fingerprint density at radius 3 is 2.43 bits per heavy atom. The quantitative estimate of drug-likeness (QED) is 0.710. The topological polar surface area (TPSA) is 33.7 Å². The number of nitrogens with zero attached hydrogens (tertiary/aromatic N) is 1. The molecule has 0 spiro atoms. The molecule has 4 heteroatoms. The molecule has 0 amide bonds. The highest BCUT2D eigenvalue weighted by Crippen LogP contribution is 2.18. The van der Waals surface area contributed by atoms with Crippen LogP contribution >= 0.6 is 0 Å². The van der Waals surface area contributed by atoms with E-state index in [2.05, 4.69) is 37.1 Å². The van der Waals surface area contributed by atoms with Gasteiger partial charge in [-0.05, 0) is 40.9 Å². The van der Waals surface area contributed by atoms with Gasteiger partial charge in [0.05, 0.1) is 13.2 Å². The maximum absolute atomic E-state index is 5.83. The summed E-state index contributed by atoms with van der Waals surface area (Å²) in [6.45, 7) is 10.2. The molecule has 0 atom stereocenters. The standard InChI is InChI=1S/C17H30N2O2/c1-17(2,3)18-14-15-8-6-7-9-16(15)21-13-12-20-11-10-19(4)5/h6-9,18H,10-14H2,1-5H3. The van der Waals surface area contributed by atoms with Crippen molar-refractivity contribution in [3.05, 3.63) is 29.8 Å². The Hall–Kier alpha value is -1.10. The zero-order valence-electron chi connectivity index (χ0n) is 14.1. The predicted octanol–water partition coefficient (Wildman–Crippen LogP) is 2.53. The molecule has 0 aliphatic rings. The second kappa shape index (κ2) is 9.03. The molecule has 0 bridgehead atoms. The molecule has 0 aromatic heterocycles. The molecule has 1 aromatic rings. The van der Waals surface area contributed by atoms with Gasteiger partial charge < -0.3 is 19.7 Å². The lowest BCUT2D eigenvalue weighted by Gasteiger charge is -2.21.